The summed E-state index contributed by atoms with van der Waals surface area (Å²) in [7, 11) is 0. The third-order valence-electron chi connectivity index (χ3n) is 3.98. The second kappa shape index (κ2) is 7.11. The number of carbonyl (C=O) groups excluding carboxylic acids is 1. The van der Waals surface area contributed by atoms with E-state index < -0.39 is 43.0 Å². The first kappa shape index (κ1) is 18.1. The predicted octanol–water partition coefficient (Wildman–Crippen LogP) is 2.49. The van der Waals surface area contributed by atoms with Crippen LogP contribution in [0.4, 0.5) is 13.2 Å². The molecule has 2 rings (SSSR count). The van der Waals surface area contributed by atoms with Gasteiger partial charge in [-0.1, -0.05) is 12.1 Å². The summed E-state index contributed by atoms with van der Waals surface area (Å²) in [6, 6.07) is 7.16. The van der Waals surface area contributed by atoms with E-state index in [1.807, 2.05) is 13.0 Å². The van der Waals surface area contributed by atoms with Crippen LogP contribution < -0.4 is 4.74 Å². The van der Waals surface area contributed by atoms with E-state index in [9.17, 15) is 22.8 Å². The molecule has 0 aromatic heterocycles. The van der Waals surface area contributed by atoms with Crippen molar-refractivity contribution in [3.63, 3.8) is 0 Å². The van der Waals surface area contributed by atoms with Crippen molar-refractivity contribution < 1.29 is 32.6 Å². The van der Waals surface area contributed by atoms with Crippen LogP contribution in [0.2, 0.25) is 0 Å². The van der Waals surface area contributed by atoms with Crippen molar-refractivity contribution in [3.05, 3.63) is 29.8 Å². The van der Waals surface area contributed by atoms with Gasteiger partial charge in [0.1, 0.15) is 5.75 Å². The predicted molar refractivity (Wildman–Crippen MR) is 78.5 cm³/mol. The van der Waals surface area contributed by atoms with Crippen molar-refractivity contribution in [1.82, 2.24) is 4.90 Å². The van der Waals surface area contributed by atoms with E-state index in [0.29, 0.717) is 5.75 Å². The average Bonchev–Trinajstić information content (AvgIpc) is 2.93. The van der Waals surface area contributed by atoms with Gasteiger partial charge in [0, 0.05) is 13.1 Å². The molecule has 8 heteroatoms. The molecular formula is C16H18F3NO4. The first-order chi connectivity index (χ1) is 11.2. The van der Waals surface area contributed by atoms with Crippen molar-refractivity contribution in [2.45, 2.75) is 19.5 Å². The second-order valence-corrected chi connectivity index (χ2v) is 5.81. The maximum Gasteiger partial charge on any atom is 0.394 e. The fourth-order valence-corrected chi connectivity index (χ4v) is 2.71. The van der Waals surface area contributed by atoms with E-state index >= 15 is 0 Å². The quantitative estimate of drug-likeness (QED) is 0.890. The van der Waals surface area contributed by atoms with E-state index in [2.05, 4.69) is 0 Å². The van der Waals surface area contributed by atoms with Crippen LogP contribution in [0.25, 0.3) is 0 Å². The molecule has 1 aromatic rings. The molecule has 0 aliphatic carbocycles. The number of halogens is 3. The molecule has 1 aliphatic rings. The molecule has 1 N–H and O–H groups in total. The number of nitrogens with zero attached hydrogens (tertiary/aromatic N) is 1. The molecule has 5 nitrogen and oxygen atoms in total. The van der Waals surface area contributed by atoms with Crippen molar-refractivity contribution in [2.24, 2.45) is 11.8 Å². The molecule has 1 aromatic carbocycles. The summed E-state index contributed by atoms with van der Waals surface area (Å²) < 4.78 is 44.1. The molecule has 0 saturated carbocycles. The first-order valence-electron chi connectivity index (χ1n) is 7.45. The minimum absolute atomic E-state index is 0.0210. The number of aliphatic carboxylic acids is 1. The number of alkyl halides is 3. The van der Waals surface area contributed by atoms with Gasteiger partial charge in [-0.05, 0) is 24.6 Å². The van der Waals surface area contributed by atoms with Gasteiger partial charge < -0.3 is 14.7 Å². The SMILES string of the molecule is Cc1cccc(OCCC(=O)N2C[C@@H](C(F)(F)F)[C@H](C(=O)O)C2)c1. The van der Waals surface area contributed by atoms with Gasteiger partial charge in [-0.3, -0.25) is 9.59 Å². The molecule has 2 atom stereocenters. The molecule has 1 heterocycles. The summed E-state index contributed by atoms with van der Waals surface area (Å²) in [4.78, 5) is 24.0. The zero-order valence-electron chi connectivity index (χ0n) is 13.0. The lowest BCUT2D eigenvalue weighted by molar-refractivity contribution is -0.188. The van der Waals surface area contributed by atoms with Crippen LogP contribution in [-0.2, 0) is 9.59 Å². The van der Waals surface area contributed by atoms with Gasteiger partial charge in [0.25, 0.3) is 0 Å². The van der Waals surface area contributed by atoms with E-state index in [1.54, 1.807) is 18.2 Å². The smallest absolute Gasteiger partial charge is 0.394 e. The highest BCUT2D eigenvalue weighted by molar-refractivity contribution is 5.79. The third kappa shape index (κ3) is 4.39. The van der Waals surface area contributed by atoms with Crippen LogP contribution in [0, 0.1) is 18.8 Å². The highest BCUT2D eigenvalue weighted by Crippen LogP contribution is 2.37. The van der Waals surface area contributed by atoms with E-state index in [0.717, 1.165) is 10.5 Å². The molecule has 0 spiro atoms. The van der Waals surface area contributed by atoms with Crippen LogP contribution >= 0.6 is 0 Å². The number of likely N-dealkylation sites (tertiary alicyclic amines) is 1. The highest BCUT2D eigenvalue weighted by Gasteiger charge is 2.53. The zero-order chi connectivity index (χ0) is 17.9. The number of ether oxygens (including phenoxy) is 1. The van der Waals surface area contributed by atoms with Crippen LogP contribution in [-0.4, -0.2) is 47.8 Å². The Balaban J connectivity index is 1.90. The standard InChI is InChI=1S/C16H18F3NO4/c1-10-3-2-4-11(7-10)24-6-5-14(21)20-8-12(15(22)23)13(9-20)16(17,18)19/h2-4,7,12-13H,5-6,8-9H2,1H3,(H,22,23)/t12-,13-/m1/s1. The summed E-state index contributed by atoms with van der Waals surface area (Å²) in [5.74, 6) is -5.16. The number of carbonyl (C=O) groups is 2. The maximum atomic E-state index is 12.9. The van der Waals surface area contributed by atoms with Gasteiger partial charge in [0.2, 0.25) is 5.91 Å². The summed E-state index contributed by atoms with van der Waals surface area (Å²) in [5.41, 5.74) is 0.982. The fourth-order valence-electron chi connectivity index (χ4n) is 2.71. The van der Waals surface area contributed by atoms with Crippen molar-refractivity contribution in [3.8, 4) is 5.75 Å². The molecule has 0 bridgehead atoms. The number of benzene rings is 1. The topological polar surface area (TPSA) is 66.8 Å². The molecule has 0 radical (unpaired) electrons. The van der Waals surface area contributed by atoms with E-state index in [1.165, 1.54) is 0 Å². The normalized spacial score (nSPS) is 20.9. The summed E-state index contributed by atoms with van der Waals surface area (Å²) >= 11 is 0. The molecule has 132 valence electrons. The molecule has 1 amide bonds. The Kier molecular flexibility index (Phi) is 5.36. The molecule has 1 aliphatic heterocycles. The van der Waals surface area contributed by atoms with Crippen LogP contribution in [0.3, 0.4) is 0 Å². The van der Waals surface area contributed by atoms with Crippen LogP contribution in [0.5, 0.6) is 5.75 Å². The van der Waals surface area contributed by atoms with Crippen molar-refractivity contribution >= 4 is 11.9 Å². The number of hydrogen-bond acceptors (Lipinski definition) is 3. The second-order valence-electron chi connectivity index (χ2n) is 5.81. The fraction of sp³-hybridized carbons (Fsp3) is 0.500. The Morgan fingerprint density at radius 2 is 2.04 bits per heavy atom. The number of hydrogen-bond donors (Lipinski definition) is 1. The number of carboxylic acid groups (broad SMARTS) is 1. The Bertz CT molecular complexity index is 618. The Morgan fingerprint density at radius 1 is 1.33 bits per heavy atom. The molecule has 1 saturated heterocycles. The van der Waals surface area contributed by atoms with Crippen LogP contribution in [0.15, 0.2) is 24.3 Å². The van der Waals surface area contributed by atoms with Gasteiger partial charge in [0.15, 0.2) is 0 Å². The van der Waals surface area contributed by atoms with Gasteiger partial charge in [0.05, 0.1) is 24.9 Å². The number of rotatable bonds is 5. The largest absolute Gasteiger partial charge is 0.493 e. The third-order valence-corrected chi connectivity index (χ3v) is 3.98. The lowest BCUT2D eigenvalue weighted by atomic mass is 9.96. The molecule has 1 fully saturated rings. The zero-order valence-corrected chi connectivity index (χ0v) is 13.0. The summed E-state index contributed by atoms with van der Waals surface area (Å²) in [6.07, 6.45) is -4.75. The Hall–Kier alpha value is -2.25. The van der Waals surface area contributed by atoms with E-state index in [-0.39, 0.29) is 13.0 Å². The van der Waals surface area contributed by atoms with Crippen molar-refractivity contribution in [2.75, 3.05) is 19.7 Å². The number of amides is 1. The lowest BCUT2D eigenvalue weighted by Crippen LogP contribution is -2.34. The van der Waals surface area contributed by atoms with Gasteiger partial charge in [-0.2, -0.15) is 13.2 Å². The molecule has 24 heavy (non-hydrogen) atoms. The van der Waals surface area contributed by atoms with Gasteiger partial charge in [-0.25, -0.2) is 0 Å². The van der Waals surface area contributed by atoms with Gasteiger partial charge in [-0.15, -0.1) is 0 Å². The lowest BCUT2D eigenvalue weighted by Gasteiger charge is -2.18. The molecule has 0 unspecified atom stereocenters. The maximum absolute atomic E-state index is 12.9. The monoisotopic (exact) mass is 345 g/mol. The number of aryl methyl sites for hydroxylation is 1. The highest BCUT2D eigenvalue weighted by atomic mass is 19.4. The Morgan fingerprint density at radius 3 is 2.58 bits per heavy atom. The first-order valence-corrected chi connectivity index (χ1v) is 7.45. The Labute approximate surface area is 137 Å². The van der Waals surface area contributed by atoms with Gasteiger partial charge >= 0.3 is 12.1 Å². The van der Waals surface area contributed by atoms with Crippen LogP contribution in [0.1, 0.15) is 12.0 Å². The van der Waals surface area contributed by atoms with E-state index in [4.69, 9.17) is 9.84 Å². The minimum Gasteiger partial charge on any atom is -0.493 e. The number of carboxylic acids is 1. The summed E-state index contributed by atoms with van der Waals surface area (Å²) in [5, 5.41) is 8.93. The minimum atomic E-state index is -4.64. The molecular weight excluding hydrogens is 327 g/mol. The van der Waals surface area contributed by atoms with Crippen molar-refractivity contribution in [1.29, 1.82) is 0 Å². The average molecular weight is 345 g/mol. The summed E-state index contributed by atoms with van der Waals surface area (Å²) in [6.45, 7) is 0.852.